The van der Waals surface area contributed by atoms with Gasteiger partial charge in [-0.2, -0.15) is 0 Å². The second-order valence-corrected chi connectivity index (χ2v) is 3.25. The molecule has 2 rings (SSSR count). The Hall–Kier alpha value is -1.38. The van der Waals surface area contributed by atoms with E-state index in [1.165, 1.54) is 12.8 Å². The summed E-state index contributed by atoms with van der Waals surface area (Å²) < 4.78 is 5.17. The van der Waals surface area contributed by atoms with Crippen molar-refractivity contribution in [2.75, 3.05) is 7.11 Å². The highest BCUT2D eigenvalue weighted by molar-refractivity contribution is 5.75. The molecule has 0 amide bonds. The van der Waals surface area contributed by atoms with Crippen LogP contribution in [0.3, 0.4) is 0 Å². The Labute approximate surface area is 76.7 Å². The summed E-state index contributed by atoms with van der Waals surface area (Å²) >= 11 is 0. The van der Waals surface area contributed by atoms with Crippen LogP contribution in [0.5, 0.6) is 5.75 Å². The second kappa shape index (κ2) is 3.17. The first-order valence-electron chi connectivity index (χ1n) is 4.34. The van der Waals surface area contributed by atoms with E-state index in [1.807, 2.05) is 0 Å². The van der Waals surface area contributed by atoms with Crippen molar-refractivity contribution in [1.29, 1.82) is 0 Å². The smallest absolute Gasteiger partial charge is 0.151 e. The summed E-state index contributed by atoms with van der Waals surface area (Å²) in [5, 5.41) is 0. The van der Waals surface area contributed by atoms with Gasteiger partial charge in [0.25, 0.3) is 0 Å². The highest BCUT2D eigenvalue weighted by atomic mass is 16.5. The van der Waals surface area contributed by atoms with E-state index in [0.717, 1.165) is 17.7 Å². The van der Waals surface area contributed by atoms with Gasteiger partial charge >= 0.3 is 0 Å². The number of ether oxygens (including phenoxy) is 1. The highest BCUT2D eigenvalue weighted by Crippen LogP contribution is 2.42. The Kier molecular flexibility index (Phi) is 2.00. The van der Waals surface area contributed by atoms with Gasteiger partial charge in [0.2, 0.25) is 0 Å². The summed E-state index contributed by atoms with van der Waals surface area (Å²) in [4.78, 5) is 14.7. The van der Waals surface area contributed by atoms with E-state index in [9.17, 15) is 4.79 Å². The molecule has 0 saturated heterocycles. The van der Waals surface area contributed by atoms with Crippen molar-refractivity contribution in [3.63, 3.8) is 0 Å². The van der Waals surface area contributed by atoms with Gasteiger partial charge in [-0.3, -0.25) is 9.78 Å². The fourth-order valence-corrected chi connectivity index (χ4v) is 1.36. The number of hydrogen-bond acceptors (Lipinski definition) is 3. The minimum atomic E-state index is 0.552. The Morgan fingerprint density at radius 3 is 2.92 bits per heavy atom. The molecular weight excluding hydrogens is 166 g/mol. The molecule has 1 heterocycles. The predicted octanol–water partition coefficient (Wildman–Crippen LogP) is 1.78. The van der Waals surface area contributed by atoms with E-state index < -0.39 is 0 Å². The average Bonchev–Trinajstić information content (AvgIpc) is 3.00. The van der Waals surface area contributed by atoms with Crippen LogP contribution in [0.1, 0.15) is 34.8 Å². The molecular formula is C10H11NO2. The second-order valence-electron chi connectivity index (χ2n) is 3.25. The van der Waals surface area contributed by atoms with Crippen molar-refractivity contribution >= 4 is 6.29 Å². The molecule has 1 aliphatic rings. The molecule has 0 bridgehead atoms. The number of aromatic nitrogens is 1. The van der Waals surface area contributed by atoms with Gasteiger partial charge in [-0.1, -0.05) is 0 Å². The number of methoxy groups -OCH3 is 1. The molecule has 1 aromatic heterocycles. The van der Waals surface area contributed by atoms with Crippen molar-refractivity contribution in [3.8, 4) is 5.75 Å². The predicted molar refractivity (Wildman–Crippen MR) is 48.2 cm³/mol. The standard InChI is InChI=1S/C10H11NO2/c1-13-9-4-7(6-12)5-11-10(9)8-2-3-8/h4-6,8H,2-3H2,1H3. The largest absolute Gasteiger partial charge is 0.495 e. The number of aldehydes is 1. The summed E-state index contributed by atoms with van der Waals surface area (Å²) in [6.07, 6.45) is 4.75. The SMILES string of the molecule is COc1cc(C=O)cnc1C1CC1. The van der Waals surface area contributed by atoms with E-state index in [1.54, 1.807) is 19.4 Å². The average molecular weight is 177 g/mol. The van der Waals surface area contributed by atoms with Gasteiger partial charge in [0.05, 0.1) is 12.8 Å². The quantitative estimate of drug-likeness (QED) is 0.660. The van der Waals surface area contributed by atoms with Crippen LogP contribution in [0.15, 0.2) is 12.3 Å². The van der Waals surface area contributed by atoms with Crippen molar-refractivity contribution in [1.82, 2.24) is 4.98 Å². The first kappa shape index (κ1) is 8.23. The van der Waals surface area contributed by atoms with Crippen molar-refractivity contribution in [3.05, 3.63) is 23.5 Å². The van der Waals surface area contributed by atoms with Crippen LogP contribution >= 0.6 is 0 Å². The molecule has 0 unspecified atom stereocenters. The Morgan fingerprint density at radius 2 is 2.38 bits per heavy atom. The first-order valence-corrected chi connectivity index (χ1v) is 4.34. The zero-order valence-electron chi connectivity index (χ0n) is 7.49. The lowest BCUT2D eigenvalue weighted by Gasteiger charge is -2.05. The van der Waals surface area contributed by atoms with Gasteiger partial charge < -0.3 is 4.74 Å². The molecule has 0 N–H and O–H groups in total. The van der Waals surface area contributed by atoms with E-state index in [4.69, 9.17) is 4.74 Å². The van der Waals surface area contributed by atoms with Gasteiger partial charge in [0.15, 0.2) is 6.29 Å². The number of carbonyl (C=O) groups excluding carboxylic acids is 1. The zero-order chi connectivity index (χ0) is 9.26. The number of rotatable bonds is 3. The van der Waals surface area contributed by atoms with E-state index >= 15 is 0 Å². The number of hydrogen-bond donors (Lipinski definition) is 0. The van der Waals surface area contributed by atoms with Crippen molar-refractivity contribution < 1.29 is 9.53 Å². The summed E-state index contributed by atoms with van der Waals surface area (Å²) in [5.41, 5.74) is 1.56. The van der Waals surface area contributed by atoms with Crippen LogP contribution in [-0.4, -0.2) is 18.4 Å². The van der Waals surface area contributed by atoms with Gasteiger partial charge in [-0.05, 0) is 18.9 Å². The third-order valence-corrected chi connectivity index (χ3v) is 2.22. The fourth-order valence-electron chi connectivity index (χ4n) is 1.36. The molecule has 3 heteroatoms. The topological polar surface area (TPSA) is 39.2 Å². The molecule has 1 saturated carbocycles. The number of pyridine rings is 1. The summed E-state index contributed by atoms with van der Waals surface area (Å²) in [6.45, 7) is 0. The van der Waals surface area contributed by atoms with Crippen molar-refractivity contribution in [2.24, 2.45) is 0 Å². The molecule has 0 atom stereocenters. The third kappa shape index (κ3) is 1.54. The highest BCUT2D eigenvalue weighted by Gasteiger charge is 2.28. The molecule has 3 nitrogen and oxygen atoms in total. The van der Waals surface area contributed by atoms with Crippen LogP contribution in [-0.2, 0) is 0 Å². The van der Waals surface area contributed by atoms with Crippen LogP contribution in [0.2, 0.25) is 0 Å². The zero-order valence-corrected chi connectivity index (χ0v) is 7.49. The maximum atomic E-state index is 10.5. The number of nitrogens with zero attached hydrogens (tertiary/aromatic N) is 1. The summed E-state index contributed by atoms with van der Waals surface area (Å²) in [5.74, 6) is 1.29. The van der Waals surface area contributed by atoms with Crippen molar-refractivity contribution in [2.45, 2.75) is 18.8 Å². The van der Waals surface area contributed by atoms with Gasteiger partial charge in [0.1, 0.15) is 5.75 Å². The van der Waals surface area contributed by atoms with Crippen LogP contribution in [0.25, 0.3) is 0 Å². The minimum absolute atomic E-state index is 0.552. The maximum Gasteiger partial charge on any atom is 0.151 e. The lowest BCUT2D eigenvalue weighted by Crippen LogP contribution is -1.95. The maximum absolute atomic E-state index is 10.5. The van der Waals surface area contributed by atoms with Gasteiger partial charge in [0, 0.05) is 17.7 Å². The molecule has 1 aliphatic carbocycles. The van der Waals surface area contributed by atoms with Crippen LogP contribution < -0.4 is 4.74 Å². The monoisotopic (exact) mass is 177 g/mol. The minimum Gasteiger partial charge on any atom is -0.495 e. The van der Waals surface area contributed by atoms with E-state index in [-0.39, 0.29) is 0 Å². The lowest BCUT2D eigenvalue weighted by atomic mass is 10.2. The Bertz CT molecular complexity index is 332. The summed E-state index contributed by atoms with van der Waals surface area (Å²) in [7, 11) is 1.61. The normalized spacial score (nSPS) is 15.5. The summed E-state index contributed by atoms with van der Waals surface area (Å²) in [6, 6.07) is 1.74. The van der Waals surface area contributed by atoms with E-state index in [2.05, 4.69) is 4.98 Å². The van der Waals surface area contributed by atoms with Gasteiger partial charge in [-0.15, -0.1) is 0 Å². The molecule has 0 spiro atoms. The molecule has 1 aromatic rings. The first-order chi connectivity index (χ1) is 6.35. The van der Waals surface area contributed by atoms with Gasteiger partial charge in [-0.25, -0.2) is 0 Å². The lowest BCUT2D eigenvalue weighted by molar-refractivity contribution is 0.112. The fraction of sp³-hybridized carbons (Fsp3) is 0.400. The van der Waals surface area contributed by atoms with E-state index in [0.29, 0.717) is 11.5 Å². The third-order valence-electron chi connectivity index (χ3n) is 2.22. The van der Waals surface area contributed by atoms with Crippen LogP contribution in [0.4, 0.5) is 0 Å². The Balaban J connectivity index is 2.38. The Morgan fingerprint density at radius 1 is 1.62 bits per heavy atom. The number of carbonyl (C=O) groups is 1. The molecule has 68 valence electrons. The molecule has 0 radical (unpaired) electrons. The molecule has 13 heavy (non-hydrogen) atoms. The molecule has 0 aromatic carbocycles. The van der Waals surface area contributed by atoms with Crippen LogP contribution in [0, 0.1) is 0 Å². The molecule has 0 aliphatic heterocycles. The molecule has 1 fully saturated rings.